The molecule has 6 heteroatoms. The largest absolute Gasteiger partial charge is 0.457 e. The van der Waals surface area contributed by atoms with Crippen molar-refractivity contribution < 1.29 is 28.5 Å². The zero-order valence-corrected chi connectivity index (χ0v) is 17.1. The average Bonchev–Trinajstić information content (AvgIpc) is 2.68. The molecule has 1 heterocycles. The number of rotatable bonds is 10. The summed E-state index contributed by atoms with van der Waals surface area (Å²) in [7, 11) is 0. The lowest BCUT2D eigenvalue weighted by molar-refractivity contribution is -0.252. The maximum absolute atomic E-state index is 11.8. The molecule has 2 rings (SSSR count). The van der Waals surface area contributed by atoms with Crippen LogP contribution < -0.4 is 0 Å². The molecule has 1 aliphatic rings. The fourth-order valence-corrected chi connectivity index (χ4v) is 3.48. The first-order valence-corrected chi connectivity index (χ1v) is 9.83. The minimum absolute atomic E-state index is 0.288. The van der Waals surface area contributed by atoms with Crippen molar-refractivity contribution in [2.45, 2.75) is 70.2 Å². The molecule has 1 aliphatic heterocycles. The number of allylic oxidation sites excluding steroid dienone is 1. The van der Waals surface area contributed by atoms with Gasteiger partial charge in [-0.3, -0.25) is 9.59 Å². The average molecular weight is 402 g/mol. The summed E-state index contributed by atoms with van der Waals surface area (Å²) in [5.41, 5.74) is 0.963. The second-order valence-electron chi connectivity index (χ2n) is 7.01. The van der Waals surface area contributed by atoms with Gasteiger partial charge in [0.15, 0.2) is 12.2 Å². The van der Waals surface area contributed by atoms with E-state index in [1.165, 1.54) is 13.8 Å². The maximum Gasteiger partial charge on any atom is 0.303 e. The first kappa shape index (κ1) is 22.8. The normalized spacial score (nSPS) is 26.3. The Balaban J connectivity index is 2.34. The lowest BCUT2D eigenvalue weighted by atomic mass is 9.90. The van der Waals surface area contributed by atoms with Crippen molar-refractivity contribution in [3.05, 3.63) is 61.2 Å². The van der Waals surface area contributed by atoms with Gasteiger partial charge in [-0.05, 0) is 24.8 Å². The predicted molar refractivity (Wildman–Crippen MR) is 109 cm³/mol. The molecule has 1 aromatic carbocycles. The van der Waals surface area contributed by atoms with Crippen molar-refractivity contribution in [1.29, 1.82) is 0 Å². The number of esters is 2. The highest BCUT2D eigenvalue weighted by molar-refractivity contribution is 5.67. The molecule has 0 spiro atoms. The van der Waals surface area contributed by atoms with Crippen LogP contribution in [0.3, 0.4) is 0 Å². The van der Waals surface area contributed by atoms with Crippen LogP contribution in [0.1, 0.15) is 38.7 Å². The molecule has 1 aromatic rings. The van der Waals surface area contributed by atoms with Crippen LogP contribution in [0.4, 0.5) is 0 Å². The Bertz CT molecular complexity index is 686. The number of benzene rings is 1. The lowest BCUT2D eigenvalue weighted by Gasteiger charge is -2.45. The standard InChI is InChI=1S/C23H30O6/c1-5-7-14-20-22(28-17(4)25)23(26-15-18-12-9-8-10-13-18)21(27-16(3)24)19(29-20)11-6-2/h5-6,8-10,12-13,19-23H,1-2,7,11,14-15H2,3-4H3/t19-,20+,21-,22+,23+/m0/s1. The zero-order chi connectivity index (χ0) is 21.2. The van der Waals surface area contributed by atoms with E-state index in [0.29, 0.717) is 19.3 Å². The number of hydrogen-bond acceptors (Lipinski definition) is 6. The van der Waals surface area contributed by atoms with Crippen LogP contribution in [0.2, 0.25) is 0 Å². The van der Waals surface area contributed by atoms with Crippen molar-refractivity contribution in [2.24, 2.45) is 0 Å². The highest BCUT2D eigenvalue weighted by Crippen LogP contribution is 2.32. The molecule has 5 atom stereocenters. The van der Waals surface area contributed by atoms with Crippen LogP contribution in [-0.2, 0) is 35.1 Å². The summed E-state index contributed by atoms with van der Waals surface area (Å²) in [5.74, 6) is -0.897. The SMILES string of the molecule is C=CCC[C@H]1O[C@@H](CC=C)[C@H](OC(C)=O)[C@@H](OCc2ccccc2)[C@@H]1OC(C)=O. The molecule has 0 bridgehead atoms. The molecule has 0 aliphatic carbocycles. The minimum Gasteiger partial charge on any atom is -0.457 e. The summed E-state index contributed by atoms with van der Waals surface area (Å²) in [6.45, 7) is 10.5. The Hall–Kier alpha value is -2.44. The molecule has 29 heavy (non-hydrogen) atoms. The Labute approximate surface area is 172 Å². The summed E-state index contributed by atoms with van der Waals surface area (Å²) in [5, 5.41) is 0. The van der Waals surface area contributed by atoms with Crippen molar-refractivity contribution >= 4 is 11.9 Å². The van der Waals surface area contributed by atoms with Gasteiger partial charge in [-0.25, -0.2) is 0 Å². The fourth-order valence-electron chi connectivity index (χ4n) is 3.48. The zero-order valence-electron chi connectivity index (χ0n) is 17.1. The summed E-state index contributed by atoms with van der Waals surface area (Å²) in [6, 6.07) is 9.65. The van der Waals surface area contributed by atoms with E-state index in [0.717, 1.165) is 5.56 Å². The smallest absolute Gasteiger partial charge is 0.303 e. The molecule has 0 amide bonds. The quantitative estimate of drug-likeness (QED) is 0.439. The molecule has 0 unspecified atom stereocenters. The van der Waals surface area contributed by atoms with Gasteiger partial charge in [0.2, 0.25) is 0 Å². The van der Waals surface area contributed by atoms with Gasteiger partial charge in [-0.1, -0.05) is 42.5 Å². The second-order valence-corrected chi connectivity index (χ2v) is 7.01. The van der Waals surface area contributed by atoms with Gasteiger partial charge in [-0.15, -0.1) is 13.2 Å². The molecule has 1 fully saturated rings. The molecule has 0 N–H and O–H groups in total. The molecule has 0 saturated carbocycles. The first-order valence-electron chi connectivity index (χ1n) is 9.83. The van der Waals surface area contributed by atoms with E-state index in [9.17, 15) is 9.59 Å². The topological polar surface area (TPSA) is 71.1 Å². The summed E-state index contributed by atoms with van der Waals surface area (Å²) >= 11 is 0. The van der Waals surface area contributed by atoms with Crippen LogP contribution in [0.5, 0.6) is 0 Å². The van der Waals surface area contributed by atoms with Crippen molar-refractivity contribution in [2.75, 3.05) is 0 Å². The molecule has 1 saturated heterocycles. The van der Waals surface area contributed by atoms with E-state index < -0.39 is 42.5 Å². The molecular weight excluding hydrogens is 372 g/mol. The fraction of sp³-hybridized carbons (Fsp3) is 0.478. The van der Waals surface area contributed by atoms with Gasteiger partial charge in [0.1, 0.15) is 12.2 Å². The van der Waals surface area contributed by atoms with E-state index in [2.05, 4.69) is 13.2 Å². The van der Waals surface area contributed by atoms with Crippen molar-refractivity contribution in [1.82, 2.24) is 0 Å². The third-order valence-electron chi connectivity index (χ3n) is 4.67. The molecule has 158 valence electrons. The van der Waals surface area contributed by atoms with Crippen molar-refractivity contribution in [3.63, 3.8) is 0 Å². The van der Waals surface area contributed by atoms with E-state index in [-0.39, 0.29) is 6.61 Å². The van der Waals surface area contributed by atoms with Crippen LogP contribution in [0.15, 0.2) is 55.6 Å². The van der Waals surface area contributed by atoms with Crippen molar-refractivity contribution in [3.8, 4) is 0 Å². The second kappa shape index (κ2) is 11.5. The third kappa shape index (κ3) is 6.84. The molecule has 6 nitrogen and oxygen atoms in total. The van der Waals surface area contributed by atoms with Gasteiger partial charge >= 0.3 is 11.9 Å². The summed E-state index contributed by atoms with van der Waals surface area (Å²) < 4.78 is 23.5. The van der Waals surface area contributed by atoms with Gasteiger partial charge in [-0.2, -0.15) is 0 Å². The minimum atomic E-state index is -0.724. The molecule has 0 radical (unpaired) electrons. The number of carbonyl (C=O) groups is 2. The third-order valence-corrected chi connectivity index (χ3v) is 4.67. The Morgan fingerprint density at radius 1 is 0.966 bits per heavy atom. The molecular formula is C23H30O6. The monoisotopic (exact) mass is 402 g/mol. The molecule has 0 aromatic heterocycles. The van der Waals surface area contributed by atoms with E-state index in [1.807, 2.05) is 30.3 Å². The van der Waals surface area contributed by atoms with Crippen LogP contribution >= 0.6 is 0 Å². The highest BCUT2D eigenvalue weighted by Gasteiger charge is 2.49. The van der Waals surface area contributed by atoms with E-state index in [1.54, 1.807) is 12.2 Å². The van der Waals surface area contributed by atoms with Gasteiger partial charge in [0, 0.05) is 13.8 Å². The predicted octanol–water partition coefficient (Wildman–Crippen LogP) is 3.74. The number of ether oxygens (including phenoxy) is 4. The summed E-state index contributed by atoms with van der Waals surface area (Å²) in [4.78, 5) is 23.6. The Morgan fingerprint density at radius 3 is 2.14 bits per heavy atom. The number of hydrogen-bond donors (Lipinski definition) is 0. The van der Waals surface area contributed by atoms with Crippen LogP contribution in [0, 0.1) is 0 Å². The highest BCUT2D eigenvalue weighted by atomic mass is 16.6. The Kier molecular flexibility index (Phi) is 9.09. The van der Waals surface area contributed by atoms with E-state index >= 15 is 0 Å². The lowest BCUT2D eigenvalue weighted by Crippen LogP contribution is -2.60. The van der Waals surface area contributed by atoms with E-state index in [4.69, 9.17) is 18.9 Å². The maximum atomic E-state index is 11.8. The van der Waals surface area contributed by atoms with Gasteiger partial charge < -0.3 is 18.9 Å². The van der Waals surface area contributed by atoms with Gasteiger partial charge in [0.05, 0.1) is 12.7 Å². The Morgan fingerprint density at radius 2 is 1.59 bits per heavy atom. The first-order chi connectivity index (χ1) is 14.0. The van der Waals surface area contributed by atoms with Crippen LogP contribution in [-0.4, -0.2) is 42.5 Å². The van der Waals surface area contributed by atoms with Crippen LogP contribution in [0.25, 0.3) is 0 Å². The van der Waals surface area contributed by atoms with Gasteiger partial charge in [0.25, 0.3) is 0 Å². The summed E-state index contributed by atoms with van der Waals surface area (Å²) in [6.07, 6.45) is 2.31. The number of carbonyl (C=O) groups excluding carboxylic acids is 2.